The molecule has 0 radical (unpaired) electrons. The summed E-state index contributed by atoms with van der Waals surface area (Å²) >= 11 is 0. The zero-order valence-corrected chi connectivity index (χ0v) is 14.7. The molecule has 3 aromatic rings. The fourth-order valence-corrected chi connectivity index (χ4v) is 2.97. The van der Waals surface area contributed by atoms with E-state index in [0.717, 1.165) is 22.2 Å². The molecule has 5 nitrogen and oxygen atoms in total. The number of hydrogen-bond donors (Lipinski definition) is 2. The van der Waals surface area contributed by atoms with Gasteiger partial charge in [-0.2, -0.15) is 0 Å². The van der Waals surface area contributed by atoms with E-state index in [1.54, 1.807) is 6.07 Å². The Kier molecular flexibility index (Phi) is 4.76. The van der Waals surface area contributed by atoms with Crippen LogP contribution < -0.4 is 10.2 Å². The molecule has 5 heteroatoms. The molecule has 1 heterocycles. The quantitative estimate of drug-likeness (QED) is 0.753. The number of rotatable bonds is 5. The standard InChI is InChI=1S/C20H23N3O2/c1-22(2)15-8-6-7-14(11-15)20(25)21-12-19(24)17-13-23(3)18-10-5-4-9-16(17)18/h4-11,13,19,24H,12H2,1-3H3,(H,21,25)/t19-/m0/s1. The first-order chi connectivity index (χ1) is 12.0. The molecule has 1 amide bonds. The average molecular weight is 337 g/mol. The van der Waals surface area contributed by atoms with Crippen LogP contribution in [0.25, 0.3) is 10.9 Å². The number of carbonyl (C=O) groups excluding carboxylic acids is 1. The minimum atomic E-state index is -0.757. The summed E-state index contributed by atoms with van der Waals surface area (Å²) in [6, 6.07) is 15.3. The summed E-state index contributed by atoms with van der Waals surface area (Å²) in [6.45, 7) is 0.166. The molecule has 0 spiro atoms. The summed E-state index contributed by atoms with van der Waals surface area (Å²) in [4.78, 5) is 14.3. The van der Waals surface area contributed by atoms with E-state index in [-0.39, 0.29) is 12.5 Å². The third-order valence-electron chi connectivity index (χ3n) is 4.37. The van der Waals surface area contributed by atoms with Crippen LogP contribution in [0.15, 0.2) is 54.7 Å². The Balaban J connectivity index is 1.72. The number of amides is 1. The van der Waals surface area contributed by atoms with E-state index in [1.165, 1.54) is 0 Å². The Labute approximate surface area is 147 Å². The van der Waals surface area contributed by atoms with Crippen LogP contribution in [-0.4, -0.2) is 36.2 Å². The summed E-state index contributed by atoms with van der Waals surface area (Å²) in [5, 5.41) is 14.4. The minimum absolute atomic E-state index is 0.166. The van der Waals surface area contributed by atoms with Gasteiger partial charge in [0.2, 0.25) is 0 Å². The van der Waals surface area contributed by atoms with Crippen LogP contribution in [0, 0.1) is 0 Å². The Morgan fingerprint density at radius 1 is 1.20 bits per heavy atom. The Bertz CT molecular complexity index is 899. The van der Waals surface area contributed by atoms with Crippen molar-refractivity contribution < 1.29 is 9.90 Å². The van der Waals surface area contributed by atoms with Gasteiger partial charge in [-0.25, -0.2) is 0 Å². The summed E-state index contributed by atoms with van der Waals surface area (Å²) in [7, 11) is 5.81. The molecule has 0 aliphatic rings. The van der Waals surface area contributed by atoms with E-state index in [0.29, 0.717) is 5.56 Å². The van der Waals surface area contributed by atoms with E-state index in [9.17, 15) is 9.90 Å². The van der Waals surface area contributed by atoms with Gasteiger partial charge in [0, 0.05) is 61.6 Å². The minimum Gasteiger partial charge on any atom is -0.386 e. The highest BCUT2D eigenvalue weighted by atomic mass is 16.3. The Morgan fingerprint density at radius 3 is 2.72 bits per heavy atom. The summed E-state index contributed by atoms with van der Waals surface area (Å²) in [5.41, 5.74) is 3.42. The van der Waals surface area contributed by atoms with E-state index in [2.05, 4.69) is 5.32 Å². The lowest BCUT2D eigenvalue weighted by molar-refractivity contribution is 0.0917. The smallest absolute Gasteiger partial charge is 0.251 e. The van der Waals surface area contributed by atoms with Gasteiger partial charge in [0.15, 0.2) is 0 Å². The maximum atomic E-state index is 12.4. The largest absolute Gasteiger partial charge is 0.386 e. The van der Waals surface area contributed by atoms with Gasteiger partial charge >= 0.3 is 0 Å². The van der Waals surface area contributed by atoms with E-state index < -0.39 is 6.10 Å². The third kappa shape index (κ3) is 3.51. The fraction of sp³-hybridized carbons (Fsp3) is 0.250. The molecular formula is C20H23N3O2. The number of para-hydroxylation sites is 1. The maximum Gasteiger partial charge on any atom is 0.251 e. The number of benzene rings is 2. The van der Waals surface area contributed by atoms with Gasteiger partial charge in [0.05, 0.1) is 6.10 Å². The second-order valence-electron chi connectivity index (χ2n) is 6.38. The summed E-state index contributed by atoms with van der Waals surface area (Å²) < 4.78 is 1.98. The SMILES string of the molecule is CN(C)c1cccc(C(=O)NC[C@H](O)c2cn(C)c3ccccc23)c1. The lowest BCUT2D eigenvalue weighted by atomic mass is 10.1. The molecule has 1 atom stereocenters. The van der Waals surface area contributed by atoms with Gasteiger partial charge in [-0.3, -0.25) is 4.79 Å². The number of anilines is 1. The van der Waals surface area contributed by atoms with Crippen LogP contribution in [0.3, 0.4) is 0 Å². The molecule has 1 aromatic heterocycles. The zero-order chi connectivity index (χ0) is 18.0. The summed E-state index contributed by atoms with van der Waals surface area (Å²) in [6.07, 6.45) is 1.15. The number of aromatic nitrogens is 1. The Morgan fingerprint density at radius 2 is 1.96 bits per heavy atom. The van der Waals surface area contributed by atoms with Crippen LogP contribution in [0.2, 0.25) is 0 Å². The zero-order valence-electron chi connectivity index (χ0n) is 14.7. The number of aryl methyl sites for hydroxylation is 1. The van der Waals surface area contributed by atoms with Crippen molar-refractivity contribution in [3.05, 3.63) is 65.9 Å². The number of aliphatic hydroxyl groups is 1. The van der Waals surface area contributed by atoms with Gasteiger partial charge in [-0.15, -0.1) is 0 Å². The first-order valence-corrected chi connectivity index (χ1v) is 8.25. The van der Waals surface area contributed by atoms with Crippen LogP contribution >= 0.6 is 0 Å². The molecule has 25 heavy (non-hydrogen) atoms. The molecule has 0 unspecified atom stereocenters. The number of carbonyl (C=O) groups is 1. The third-order valence-corrected chi connectivity index (χ3v) is 4.37. The second kappa shape index (κ2) is 6.99. The van der Waals surface area contributed by atoms with Gasteiger partial charge in [-0.1, -0.05) is 24.3 Å². The van der Waals surface area contributed by atoms with Crippen LogP contribution in [-0.2, 0) is 7.05 Å². The predicted octanol–water partition coefficient (Wildman–Crippen LogP) is 2.71. The van der Waals surface area contributed by atoms with Gasteiger partial charge in [-0.05, 0) is 24.3 Å². The molecule has 0 aliphatic carbocycles. The lowest BCUT2D eigenvalue weighted by Gasteiger charge is -2.14. The fourth-order valence-electron chi connectivity index (χ4n) is 2.97. The first-order valence-electron chi connectivity index (χ1n) is 8.25. The Hall–Kier alpha value is -2.79. The molecule has 0 fully saturated rings. The van der Waals surface area contributed by atoms with Crippen molar-refractivity contribution in [1.82, 2.24) is 9.88 Å². The molecule has 3 rings (SSSR count). The van der Waals surface area contributed by atoms with Crippen molar-refractivity contribution >= 4 is 22.5 Å². The molecule has 0 aliphatic heterocycles. The van der Waals surface area contributed by atoms with Crippen molar-refractivity contribution in [2.75, 3.05) is 25.5 Å². The van der Waals surface area contributed by atoms with Crippen molar-refractivity contribution in [2.24, 2.45) is 7.05 Å². The van der Waals surface area contributed by atoms with Crippen LogP contribution in [0.4, 0.5) is 5.69 Å². The van der Waals surface area contributed by atoms with Crippen molar-refractivity contribution in [1.29, 1.82) is 0 Å². The molecule has 2 aromatic carbocycles. The van der Waals surface area contributed by atoms with E-state index >= 15 is 0 Å². The number of nitrogens with zero attached hydrogens (tertiary/aromatic N) is 2. The van der Waals surface area contributed by atoms with Crippen LogP contribution in [0.1, 0.15) is 22.0 Å². The van der Waals surface area contributed by atoms with Crippen molar-refractivity contribution in [2.45, 2.75) is 6.10 Å². The number of hydrogen-bond acceptors (Lipinski definition) is 3. The number of nitrogens with one attached hydrogen (secondary N) is 1. The topological polar surface area (TPSA) is 57.5 Å². The lowest BCUT2D eigenvalue weighted by Crippen LogP contribution is -2.28. The highest BCUT2D eigenvalue weighted by Crippen LogP contribution is 2.25. The number of fused-ring (bicyclic) bond motifs is 1. The van der Waals surface area contributed by atoms with E-state index in [4.69, 9.17) is 0 Å². The monoisotopic (exact) mass is 337 g/mol. The highest BCUT2D eigenvalue weighted by molar-refractivity contribution is 5.95. The van der Waals surface area contributed by atoms with E-state index in [1.807, 2.05) is 79.3 Å². The summed E-state index contributed by atoms with van der Waals surface area (Å²) in [5.74, 6) is -0.192. The second-order valence-corrected chi connectivity index (χ2v) is 6.38. The van der Waals surface area contributed by atoms with Gasteiger partial charge in [0.25, 0.3) is 5.91 Å². The molecule has 0 saturated heterocycles. The average Bonchev–Trinajstić information content (AvgIpc) is 2.97. The van der Waals surface area contributed by atoms with Crippen molar-refractivity contribution in [3.63, 3.8) is 0 Å². The normalized spacial score (nSPS) is 12.2. The van der Waals surface area contributed by atoms with Crippen LogP contribution in [0.5, 0.6) is 0 Å². The molecule has 2 N–H and O–H groups in total. The maximum absolute atomic E-state index is 12.4. The van der Waals surface area contributed by atoms with Gasteiger partial charge in [0.1, 0.15) is 0 Å². The van der Waals surface area contributed by atoms with Gasteiger partial charge < -0.3 is 19.9 Å². The van der Waals surface area contributed by atoms with Crippen molar-refractivity contribution in [3.8, 4) is 0 Å². The first kappa shape index (κ1) is 17.0. The molecule has 0 bridgehead atoms. The molecule has 130 valence electrons. The molecular weight excluding hydrogens is 314 g/mol. The predicted molar refractivity (Wildman–Crippen MR) is 101 cm³/mol. The molecule has 0 saturated carbocycles. The highest BCUT2D eigenvalue weighted by Gasteiger charge is 2.16. The number of aliphatic hydroxyl groups excluding tert-OH is 1.